The largest absolute Gasteiger partial charge is 0.454 e. The third kappa shape index (κ3) is 3.35. The summed E-state index contributed by atoms with van der Waals surface area (Å²) in [5.41, 5.74) is 3.47. The second-order valence-electron chi connectivity index (χ2n) is 7.14. The average Bonchev–Trinajstić information content (AvgIpc) is 3.22. The Morgan fingerprint density at radius 1 is 1.03 bits per heavy atom. The molecule has 7 nitrogen and oxygen atoms in total. The van der Waals surface area contributed by atoms with Crippen molar-refractivity contribution in [3.63, 3.8) is 0 Å². The number of benzene rings is 2. The monoisotopic (exact) mass is 389 g/mol. The molecule has 3 aromatic rings. The van der Waals surface area contributed by atoms with Crippen molar-refractivity contribution >= 4 is 5.91 Å². The average molecular weight is 389 g/mol. The van der Waals surface area contributed by atoms with E-state index in [1.165, 1.54) is 22.5 Å². The lowest BCUT2D eigenvalue weighted by atomic mass is 10.00. The van der Waals surface area contributed by atoms with Gasteiger partial charge in [0.05, 0.1) is 12.0 Å². The van der Waals surface area contributed by atoms with Crippen molar-refractivity contribution in [3.8, 4) is 22.8 Å². The number of nitrogens with zero attached hydrogens (tertiary/aromatic N) is 3. The summed E-state index contributed by atoms with van der Waals surface area (Å²) in [6, 6.07) is 15.0. The van der Waals surface area contributed by atoms with E-state index in [2.05, 4.69) is 11.1 Å². The summed E-state index contributed by atoms with van der Waals surface area (Å²) in [7, 11) is 0. The molecule has 2 aromatic carbocycles. The molecule has 0 saturated heterocycles. The van der Waals surface area contributed by atoms with E-state index in [9.17, 15) is 9.59 Å². The molecule has 0 radical (unpaired) electrons. The van der Waals surface area contributed by atoms with Gasteiger partial charge in [-0.1, -0.05) is 24.3 Å². The lowest BCUT2D eigenvalue weighted by Crippen LogP contribution is -2.39. The lowest BCUT2D eigenvalue weighted by Gasteiger charge is -2.29. The molecule has 1 amide bonds. The Morgan fingerprint density at radius 2 is 1.86 bits per heavy atom. The van der Waals surface area contributed by atoms with Crippen LogP contribution in [0.4, 0.5) is 0 Å². The molecule has 0 atom stereocenters. The van der Waals surface area contributed by atoms with Crippen molar-refractivity contribution in [1.29, 1.82) is 0 Å². The van der Waals surface area contributed by atoms with Crippen LogP contribution in [-0.2, 0) is 24.3 Å². The van der Waals surface area contributed by atoms with Crippen LogP contribution in [0.3, 0.4) is 0 Å². The lowest BCUT2D eigenvalue weighted by molar-refractivity contribution is -0.132. The third-order valence-corrected chi connectivity index (χ3v) is 5.34. The maximum absolute atomic E-state index is 12.7. The summed E-state index contributed by atoms with van der Waals surface area (Å²) < 4.78 is 12.0. The summed E-state index contributed by atoms with van der Waals surface area (Å²) in [6.07, 6.45) is 2.26. The van der Waals surface area contributed by atoms with Crippen LogP contribution < -0.4 is 15.0 Å². The van der Waals surface area contributed by atoms with E-state index in [0.29, 0.717) is 30.3 Å². The molecule has 0 bridgehead atoms. The summed E-state index contributed by atoms with van der Waals surface area (Å²) >= 11 is 0. The Labute approximate surface area is 167 Å². The quantitative estimate of drug-likeness (QED) is 0.687. The molecule has 0 saturated carbocycles. The van der Waals surface area contributed by atoms with E-state index in [4.69, 9.17) is 9.47 Å². The van der Waals surface area contributed by atoms with Gasteiger partial charge in [-0.25, -0.2) is 4.98 Å². The molecular formula is C22H19N3O4. The highest BCUT2D eigenvalue weighted by Crippen LogP contribution is 2.35. The van der Waals surface area contributed by atoms with Gasteiger partial charge in [0, 0.05) is 24.7 Å². The van der Waals surface area contributed by atoms with E-state index in [-0.39, 0.29) is 24.8 Å². The van der Waals surface area contributed by atoms with Crippen molar-refractivity contribution in [1.82, 2.24) is 14.5 Å². The molecule has 7 heteroatoms. The first-order chi connectivity index (χ1) is 14.2. The number of aromatic nitrogens is 2. The van der Waals surface area contributed by atoms with Crippen LogP contribution in [0, 0.1) is 0 Å². The molecule has 146 valence electrons. The van der Waals surface area contributed by atoms with E-state index < -0.39 is 0 Å². The minimum Gasteiger partial charge on any atom is -0.454 e. The van der Waals surface area contributed by atoms with E-state index in [1.54, 1.807) is 17.0 Å². The molecule has 0 N–H and O–H groups in total. The van der Waals surface area contributed by atoms with Crippen LogP contribution in [0.2, 0.25) is 0 Å². The van der Waals surface area contributed by atoms with Crippen molar-refractivity contribution in [3.05, 3.63) is 76.3 Å². The zero-order chi connectivity index (χ0) is 19.8. The Bertz CT molecular complexity index is 1150. The highest BCUT2D eigenvalue weighted by atomic mass is 16.7. The maximum atomic E-state index is 12.7. The minimum absolute atomic E-state index is 0.0184. The van der Waals surface area contributed by atoms with Gasteiger partial charge in [-0.15, -0.1) is 0 Å². The van der Waals surface area contributed by atoms with Gasteiger partial charge in [0.15, 0.2) is 11.5 Å². The summed E-state index contributed by atoms with van der Waals surface area (Å²) in [5.74, 6) is 1.23. The highest BCUT2D eigenvalue weighted by molar-refractivity contribution is 5.76. The number of carbonyl (C=O) groups is 1. The Morgan fingerprint density at radius 3 is 2.72 bits per heavy atom. The van der Waals surface area contributed by atoms with E-state index in [0.717, 1.165) is 17.5 Å². The minimum atomic E-state index is -0.265. The van der Waals surface area contributed by atoms with Crippen LogP contribution in [0.15, 0.2) is 59.7 Å². The molecule has 0 spiro atoms. The fourth-order valence-corrected chi connectivity index (χ4v) is 3.71. The van der Waals surface area contributed by atoms with Gasteiger partial charge in [0.1, 0.15) is 6.54 Å². The van der Waals surface area contributed by atoms with Gasteiger partial charge >= 0.3 is 0 Å². The SMILES string of the molecule is O=C(Cn1cnc(-c2ccc3c(c2)OCO3)cc1=O)N1CCc2ccccc2C1. The van der Waals surface area contributed by atoms with Crippen LogP contribution in [-0.4, -0.2) is 33.7 Å². The van der Waals surface area contributed by atoms with Crippen molar-refractivity contribution in [2.45, 2.75) is 19.5 Å². The normalized spacial score (nSPS) is 14.6. The predicted molar refractivity (Wildman–Crippen MR) is 106 cm³/mol. The molecule has 29 heavy (non-hydrogen) atoms. The predicted octanol–water partition coefficient (Wildman–Crippen LogP) is 2.22. The van der Waals surface area contributed by atoms with Gasteiger partial charge < -0.3 is 14.4 Å². The number of carbonyl (C=O) groups excluding carboxylic acids is 1. The zero-order valence-corrected chi connectivity index (χ0v) is 15.7. The zero-order valence-electron chi connectivity index (χ0n) is 15.7. The van der Waals surface area contributed by atoms with E-state index >= 15 is 0 Å². The van der Waals surface area contributed by atoms with E-state index in [1.807, 2.05) is 24.3 Å². The smallest absolute Gasteiger partial charge is 0.254 e. The Kier molecular flexibility index (Phi) is 4.27. The topological polar surface area (TPSA) is 73.7 Å². The fourth-order valence-electron chi connectivity index (χ4n) is 3.71. The summed E-state index contributed by atoms with van der Waals surface area (Å²) in [5, 5.41) is 0. The number of hydrogen-bond donors (Lipinski definition) is 0. The third-order valence-electron chi connectivity index (χ3n) is 5.34. The second-order valence-corrected chi connectivity index (χ2v) is 7.14. The standard InChI is InChI=1S/C22H19N3O4/c26-21-10-18(16-5-6-19-20(9-16)29-14-28-19)23-13-25(21)12-22(27)24-8-7-15-3-1-2-4-17(15)11-24/h1-6,9-10,13H,7-8,11-12,14H2. The first-order valence-electron chi connectivity index (χ1n) is 9.48. The molecule has 2 aliphatic heterocycles. The molecule has 0 fully saturated rings. The van der Waals surface area contributed by atoms with Crippen molar-refractivity contribution < 1.29 is 14.3 Å². The highest BCUT2D eigenvalue weighted by Gasteiger charge is 2.21. The van der Waals surface area contributed by atoms with Crippen LogP contribution in [0.5, 0.6) is 11.5 Å². The van der Waals surface area contributed by atoms with Gasteiger partial charge in [0.2, 0.25) is 12.7 Å². The Hall–Kier alpha value is -3.61. The van der Waals surface area contributed by atoms with Crippen LogP contribution in [0.1, 0.15) is 11.1 Å². The molecule has 2 aliphatic rings. The van der Waals surface area contributed by atoms with Crippen molar-refractivity contribution in [2.75, 3.05) is 13.3 Å². The first kappa shape index (κ1) is 17.5. The molecule has 1 aromatic heterocycles. The van der Waals surface area contributed by atoms with Crippen LogP contribution >= 0.6 is 0 Å². The fraction of sp³-hybridized carbons (Fsp3) is 0.227. The van der Waals surface area contributed by atoms with Crippen molar-refractivity contribution in [2.24, 2.45) is 0 Å². The molecule has 3 heterocycles. The second kappa shape index (κ2) is 7.09. The molecule has 5 rings (SSSR count). The number of rotatable bonds is 3. The summed E-state index contributed by atoms with van der Waals surface area (Å²) in [4.78, 5) is 31.4. The number of hydrogen-bond acceptors (Lipinski definition) is 5. The van der Waals surface area contributed by atoms with Gasteiger partial charge in [-0.3, -0.25) is 14.2 Å². The Balaban J connectivity index is 1.32. The first-order valence-corrected chi connectivity index (χ1v) is 9.48. The number of fused-ring (bicyclic) bond motifs is 2. The molecular weight excluding hydrogens is 370 g/mol. The van der Waals surface area contributed by atoms with Gasteiger partial charge in [0.25, 0.3) is 5.56 Å². The van der Waals surface area contributed by atoms with Crippen LogP contribution in [0.25, 0.3) is 11.3 Å². The number of amides is 1. The summed E-state index contributed by atoms with van der Waals surface area (Å²) in [6.45, 7) is 1.41. The number of ether oxygens (including phenoxy) is 2. The molecule has 0 unspecified atom stereocenters. The maximum Gasteiger partial charge on any atom is 0.254 e. The van der Waals surface area contributed by atoms with Gasteiger partial charge in [-0.2, -0.15) is 0 Å². The molecule has 0 aliphatic carbocycles. The van der Waals surface area contributed by atoms with Gasteiger partial charge in [-0.05, 0) is 35.7 Å².